The van der Waals surface area contributed by atoms with Gasteiger partial charge in [-0.15, -0.1) is 5.10 Å². The lowest BCUT2D eigenvalue weighted by Crippen LogP contribution is -2.06. The molecule has 9 heteroatoms. The second kappa shape index (κ2) is 10.6. The van der Waals surface area contributed by atoms with Crippen LogP contribution in [0.2, 0.25) is 0 Å². The van der Waals surface area contributed by atoms with Gasteiger partial charge in [0, 0.05) is 22.3 Å². The molecule has 0 saturated heterocycles. The van der Waals surface area contributed by atoms with Crippen LogP contribution in [0.15, 0.2) is 92.8 Å². The second-order valence-corrected chi connectivity index (χ2v) is 8.11. The van der Waals surface area contributed by atoms with E-state index in [1.807, 2.05) is 30.3 Å². The zero-order valence-electron chi connectivity index (χ0n) is 15.6. The highest BCUT2D eigenvalue weighted by atomic mass is 32.2. The van der Waals surface area contributed by atoms with E-state index in [1.54, 1.807) is 24.3 Å². The van der Waals surface area contributed by atoms with Crippen LogP contribution in [-0.4, -0.2) is 16.3 Å². The van der Waals surface area contributed by atoms with E-state index in [1.165, 1.54) is 47.9 Å². The molecule has 0 fully saturated rings. The molecule has 6 nitrogen and oxygen atoms in total. The highest BCUT2D eigenvalue weighted by molar-refractivity contribution is 8.13. The molecule has 0 aliphatic heterocycles. The average Bonchev–Trinajstić information content (AvgIpc) is 2.75. The summed E-state index contributed by atoms with van der Waals surface area (Å²) in [6.07, 6.45) is 1.41. The Balaban J connectivity index is 1.67. The number of rotatable bonds is 7. The molecule has 152 valence electrons. The van der Waals surface area contributed by atoms with E-state index in [4.69, 9.17) is 5.73 Å². The van der Waals surface area contributed by atoms with Crippen molar-refractivity contribution in [2.45, 2.75) is 15.5 Å². The van der Waals surface area contributed by atoms with Crippen LogP contribution in [0.3, 0.4) is 0 Å². The number of nitro benzene ring substituents is 1. The van der Waals surface area contributed by atoms with E-state index in [-0.39, 0.29) is 11.5 Å². The fourth-order valence-corrected chi connectivity index (χ4v) is 3.90. The first-order valence-corrected chi connectivity index (χ1v) is 10.6. The van der Waals surface area contributed by atoms with Gasteiger partial charge in [0.15, 0.2) is 5.17 Å². The number of benzene rings is 3. The predicted octanol–water partition coefficient (Wildman–Crippen LogP) is 5.47. The molecular formula is C21H17FN4O2S2. The third-order valence-corrected chi connectivity index (χ3v) is 5.74. The summed E-state index contributed by atoms with van der Waals surface area (Å²) < 4.78 is 13.0. The van der Waals surface area contributed by atoms with Gasteiger partial charge in [-0.05, 0) is 35.9 Å². The van der Waals surface area contributed by atoms with Gasteiger partial charge >= 0.3 is 0 Å². The van der Waals surface area contributed by atoms with Gasteiger partial charge in [0.2, 0.25) is 0 Å². The van der Waals surface area contributed by atoms with Crippen LogP contribution in [0.25, 0.3) is 0 Å². The van der Waals surface area contributed by atoms with E-state index in [9.17, 15) is 14.5 Å². The van der Waals surface area contributed by atoms with Gasteiger partial charge in [0.05, 0.1) is 16.0 Å². The van der Waals surface area contributed by atoms with E-state index in [2.05, 4.69) is 10.2 Å². The Morgan fingerprint density at radius 1 is 1.10 bits per heavy atom. The Morgan fingerprint density at radius 2 is 1.83 bits per heavy atom. The van der Waals surface area contributed by atoms with Gasteiger partial charge in [-0.3, -0.25) is 10.1 Å². The standard InChI is InChI=1S/C21H17FN4O2S2/c22-17-7-9-18(10-8-17)30-20-11-6-16(12-19(20)26(27)28)13-24-25-21(23)29-14-15-4-2-1-3-5-15/h1-13H,14H2,(H2,23,25). The first kappa shape index (κ1) is 21.5. The summed E-state index contributed by atoms with van der Waals surface area (Å²) in [6, 6.07) is 20.3. The predicted molar refractivity (Wildman–Crippen MR) is 121 cm³/mol. The first-order chi connectivity index (χ1) is 14.5. The number of nitro groups is 1. The maximum Gasteiger partial charge on any atom is 0.283 e. The van der Waals surface area contributed by atoms with Crippen LogP contribution in [0.4, 0.5) is 10.1 Å². The zero-order chi connectivity index (χ0) is 21.3. The summed E-state index contributed by atoms with van der Waals surface area (Å²) in [4.78, 5) is 12.1. The molecule has 0 radical (unpaired) electrons. The Labute approximate surface area is 181 Å². The van der Waals surface area contributed by atoms with Crippen molar-refractivity contribution >= 4 is 40.6 Å². The summed E-state index contributed by atoms with van der Waals surface area (Å²) in [5, 5.41) is 19.6. The molecule has 2 N–H and O–H groups in total. The van der Waals surface area contributed by atoms with Crippen molar-refractivity contribution in [1.82, 2.24) is 0 Å². The smallest absolute Gasteiger partial charge is 0.283 e. The van der Waals surface area contributed by atoms with Gasteiger partial charge in [0.1, 0.15) is 5.82 Å². The first-order valence-electron chi connectivity index (χ1n) is 8.76. The molecule has 0 unspecified atom stereocenters. The van der Waals surface area contributed by atoms with E-state index in [0.717, 1.165) is 5.56 Å². The number of hydrogen-bond acceptors (Lipinski definition) is 6. The maximum atomic E-state index is 13.0. The molecule has 3 aromatic carbocycles. The molecule has 3 rings (SSSR count). The lowest BCUT2D eigenvalue weighted by Gasteiger charge is -2.04. The van der Waals surface area contributed by atoms with Crippen LogP contribution in [0.5, 0.6) is 0 Å². The van der Waals surface area contributed by atoms with Gasteiger partial charge in [-0.25, -0.2) is 4.39 Å². The SMILES string of the molecule is NC(=NN=Cc1ccc(Sc2ccc(F)cc2)c([N+](=O)[O-])c1)SCc1ccccc1. The summed E-state index contributed by atoms with van der Waals surface area (Å²) in [6.45, 7) is 0. The van der Waals surface area contributed by atoms with Crippen molar-refractivity contribution in [3.05, 3.63) is 99.9 Å². The van der Waals surface area contributed by atoms with Gasteiger partial charge in [-0.1, -0.05) is 59.9 Å². The van der Waals surface area contributed by atoms with Crippen molar-refractivity contribution in [3.8, 4) is 0 Å². The number of hydrogen-bond donors (Lipinski definition) is 1. The third kappa shape index (κ3) is 6.43. The molecule has 0 aliphatic carbocycles. The summed E-state index contributed by atoms with van der Waals surface area (Å²) in [5.41, 5.74) is 7.42. The number of halogens is 1. The summed E-state index contributed by atoms with van der Waals surface area (Å²) >= 11 is 2.54. The molecule has 0 atom stereocenters. The molecule has 0 amide bonds. The number of nitrogens with two attached hydrogens (primary N) is 1. The molecule has 0 spiro atoms. The molecule has 0 heterocycles. The largest absolute Gasteiger partial charge is 0.377 e. The molecule has 0 aliphatic rings. The highest BCUT2D eigenvalue weighted by Gasteiger charge is 2.15. The lowest BCUT2D eigenvalue weighted by atomic mass is 10.2. The quantitative estimate of drug-likeness (QED) is 0.228. The number of thioether (sulfide) groups is 1. The van der Waals surface area contributed by atoms with Gasteiger partial charge < -0.3 is 5.73 Å². The zero-order valence-corrected chi connectivity index (χ0v) is 17.3. The summed E-state index contributed by atoms with van der Waals surface area (Å²) in [7, 11) is 0. The van der Waals surface area contributed by atoms with E-state index in [0.29, 0.717) is 26.3 Å². The van der Waals surface area contributed by atoms with Crippen molar-refractivity contribution in [2.24, 2.45) is 15.9 Å². The minimum absolute atomic E-state index is 0.0660. The van der Waals surface area contributed by atoms with Crippen LogP contribution in [0.1, 0.15) is 11.1 Å². The van der Waals surface area contributed by atoms with Crippen LogP contribution in [0, 0.1) is 15.9 Å². The van der Waals surface area contributed by atoms with Crippen molar-refractivity contribution < 1.29 is 9.31 Å². The maximum absolute atomic E-state index is 13.0. The minimum atomic E-state index is -0.462. The molecule has 0 saturated carbocycles. The fourth-order valence-electron chi connectivity index (χ4n) is 2.39. The van der Waals surface area contributed by atoms with Crippen LogP contribution < -0.4 is 5.73 Å². The molecule has 0 bridgehead atoms. The van der Waals surface area contributed by atoms with Gasteiger partial charge in [0.25, 0.3) is 5.69 Å². The Bertz CT molecular complexity index is 1070. The number of amidine groups is 1. The van der Waals surface area contributed by atoms with Crippen LogP contribution >= 0.6 is 23.5 Å². The van der Waals surface area contributed by atoms with Crippen LogP contribution in [-0.2, 0) is 5.75 Å². The van der Waals surface area contributed by atoms with Crippen molar-refractivity contribution in [1.29, 1.82) is 0 Å². The normalized spacial score (nSPS) is 11.7. The average molecular weight is 441 g/mol. The Morgan fingerprint density at radius 3 is 2.53 bits per heavy atom. The topological polar surface area (TPSA) is 93.9 Å². The number of nitrogens with zero attached hydrogens (tertiary/aromatic N) is 3. The van der Waals surface area contributed by atoms with E-state index >= 15 is 0 Å². The van der Waals surface area contributed by atoms with Gasteiger partial charge in [-0.2, -0.15) is 5.10 Å². The van der Waals surface area contributed by atoms with Crippen molar-refractivity contribution in [2.75, 3.05) is 0 Å². The fraction of sp³-hybridized carbons (Fsp3) is 0.0476. The highest BCUT2D eigenvalue weighted by Crippen LogP contribution is 2.35. The third-order valence-electron chi connectivity index (χ3n) is 3.81. The second-order valence-electron chi connectivity index (χ2n) is 6.00. The Hall–Kier alpha value is -3.17. The van der Waals surface area contributed by atoms with E-state index < -0.39 is 4.92 Å². The minimum Gasteiger partial charge on any atom is -0.377 e. The monoisotopic (exact) mass is 440 g/mol. The molecule has 0 aromatic heterocycles. The molecule has 3 aromatic rings. The lowest BCUT2D eigenvalue weighted by molar-refractivity contribution is -0.387. The summed E-state index contributed by atoms with van der Waals surface area (Å²) in [5.74, 6) is 0.314. The molecule has 30 heavy (non-hydrogen) atoms. The molecular weight excluding hydrogens is 423 g/mol. The Kier molecular flexibility index (Phi) is 7.58. The van der Waals surface area contributed by atoms with Crippen molar-refractivity contribution in [3.63, 3.8) is 0 Å².